The highest BCUT2D eigenvalue weighted by molar-refractivity contribution is 5.56. The molecular weight excluding hydrogens is 146 g/mol. The van der Waals surface area contributed by atoms with E-state index in [1.807, 2.05) is 0 Å². The molecule has 12 heavy (non-hydrogen) atoms. The van der Waals surface area contributed by atoms with Crippen LogP contribution >= 0.6 is 0 Å². The second kappa shape index (κ2) is 5.34. The molecule has 1 heterocycles. The lowest BCUT2D eigenvalue weighted by Gasteiger charge is -1.95. The first-order valence-corrected chi connectivity index (χ1v) is 5.45. The van der Waals surface area contributed by atoms with Crippen molar-refractivity contribution < 1.29 is 4.58 Å². The Balaban J connectivity index is 2.16. The Morgan fingerprint density at radius 1 is 1.33 bits per heavy atom. The van der Waals surface area contributed by atoms with Crippen molar-refractivity contribution in [3.63, 3.8) is 0 Å². The van der Waals surface area contributed by atoms with Crippen molar-refractivity contribution >= 4 is 6.21 Å². The Hall–Kier alpha value is -0.330. The first-order chi connectivity index (χ1) is 5.86. The fourth-order valence-corrected chi connectivity index (χ4v) is 1.84. The van der Waals surface area contributed by atoms with E-state index >= 15 is 0 Å². The van der Waals surface area contributed by atoms with Gasteiger partial charge in [-0.15, -0.1) is 0 Å². The van der Waals surface area contributed by atoms with E-state index in [0.29, 0.717) is 0 Å². The van der Waals surface area contributed by atoms with Gasteiger partial charge in [0.25, 0.3) is 0 Å². The van der Waals surface area contributed by atoms with Crippen LogP contribution in [-0.2, 0) is 0 Å². The number of unbranched alkanes of at least 4 members (excludes halogenated alkanes) is 2. The molecule has 1 aliphatic heterocycles. The van der Waals surface area contributed by atoms with Gasteiger partial charge in [-0.3, -0.25) is 0 Å². The molecule has 1 aliphatic rings. The van der Waals surface area contributed by atoms with Crippen LogP contribution in [0.4, 0.5) is 0 Å². The second-order valence-electron chi connectivity index (χ2n) is 3.85. The maximum Gasteiger partial charge on any atom is 0.143 e. The van der Waals surface area contributed by atoms with Gasteiger partial charge in [-0.25, -0.2) is 4.58 Å². The van der Waals surface area contributed by atoms with Gasteiger partial charge >= 0.3 is 0 Å². The zero-order valence-corrected chi connectivity index (χ0v) is 8.55. The van der Waals surface area contributed by atoms with Gasteiger partial charge in [0.2, 0.25) is 0 Å². The monoisotopic (exact) mass is 168 g/mol. The summed E-state index contributed by atoms with van der Waals surface area (Å²) < 4.78 is 2.52. The normalized spacial score (nSPS) is 22.8. The predicted octanol–water partition coefficient (Wildman–Crippen LogP) is 2.69. The third-order valence-electron chi connectivity index (χ3n) is 2.78. The summed E-state index contributed by atoms with van der Waals surface area (Å²) in [4.78, 5) is 0. The van der Waals surface area contributed by atoms with Crippen LogP contribution in [0.3, 0.4) is 0 Å². The minimum atomic E-state index is 0.881. The van der Waals surface area contributed by atoms with E-state index in [1.165, 1.54) is 45.2 Å². The fraction of sp³-hybridized carbons (Fsp3) is 0.909. The van der Waals surface area contributed by atoms with E-state index < -0.39 is 0 Å². The van der Waals surface area contributed by atoms with Crippen LogP contribution in [0.15, 0.2) is 0 Å². The van der Waals surface area contributed by atoms with Crippen LogP contribution < -0.4 is 0 Å². The van der Waals surface area contributed by atoms with E-state index in [9.17, 15) is 0 Å². The summed E-state index contributed by atoms with van der Waals surface area (Å²) in [5, 5.41) is 0. The molecule has 0 aliphatic carbocycles. The Labute approximate surface area is 76.5 Å². The first-order valence-electron chi connectivity index (χ1n) is 5.45. The van der Waals surface area contributed by atoms with Crippen molar-refractivity contribution in [2.75, 3.05) is 13.1 Å². The number of hydrogen-bond acceptors (Lipinski definition) is 0. The lowest BCUT2D eigenvalue weighted by molar-refractivity contribution is -0.516. The molecule has 0 N–H and O–H groups in total. The van der Waals surface area contributed by atoms with Gasteiger partial charge in [0.1, 0.15) is 19.3 Å². The number of rotatable bonds is 5. The minimum absolute atomic E-state index is 0.881. The molecule has 1 rings (SSSR count). The fourth-order valence-electron chi connectivity index (χ4n) is 1.84. The van der Waals surface area contributed by atoms with Crippen LogP contribution in [0.5, 0.6) is 0 Å². The molecule has 1 heteroatoms. The maximum atomic E-state index is 2.52. The third-order valence-corrected chi connectivity index (χ3v) is 2.78. The Morgan fingerprint density at radius 2 is 2.17 bits per heavy atom. The SMILES string of the molecule is CCCCC[N+]1=CC(CC)CC1. The van der Waals surface area contributed by atoms with Crippen LogP contribution in [0.2, 0.25) is 0 Å². The van der Waals surface area contributed by atoms with Crippen molar-refractivity contribution in [3.8, 4) is 0 Å². The molecule has 0 radical (unpaired) electrons. The highest BCUT2D eigenvalue weighted by Gasteiger charge is 2.19. The van der Waals surface area contributed by atoms with Crippen molar-refractivity contribution in [1.29, 1.82) is 0 Å². The van der Waals surface area contributed by atoms with Gasteiger partial charge < -0.3 is 0 Å². The minimum Gasteiger partial charge on any atom is -0.239 e. The molecule has 0 saturated heterocycles. The largest absolute Gasteiger partial charge is 0.239 e. The van der Waals surface area contributed by atoms with E-state index in [-0.39, 0.29) is 0 Å². The third kappa shape index (κ3) is 2.96. The van der Waals surface area contributed by atoms with Crippen molar-refractivity contribution in [3.05, 3.63) is 0 Å². The summed E-state index contributed by atoms with van der Waals surface area (Å²) in [7, 11) is 0. The summed E-state index contributed by atoms with van der Waals surface area (Å²) >= 11 is 0. The number of nitrogens with zero attached hydrogens (tertiary/aromatic N) is 1. The number of hydrogen-bond donors (Lipinski definition) is 0. The summed E-state index contributed by atoms with van der Waals surface area (Å²) in [5.41, 5.74) is 0. The molecule has 0 aromatic carbocycles. The zero-order chi connectivity index (χ0) is 8.81. The molecule has 0 aromatic rings. The van der Waals surface area contributed by atoms with Crippen LogP contribution in [0.1, 0.15) is 46.0 Å². The van der Waals surface area contributed by atoms with Gasteiger partial charge in [0, 0.05) is 18.8 Å². The van der Waals surface area contributed by atoms with Gasteiger partial charge in [-0.1, -0.05) is 20.3 Å². The van der Waals surface area contributed by atoms with Gasteiger partial charge in [0.05, 0.1) is 0 Å². The maximum absolute atomic E-state index is 2.52. The van der Waals surface area contributed by atoms with Crippen LogP contribution in [0, 0.1) is 5.92 Å². The highest BCUT2D eigenvalue weighted by Crippen LogP contribution is 2.11. The van der Waals surface area contributed by atoms with Crippen molar-refractivity contribution in [2.24, 2.45) is 5.92 Å². The smallest absolute Gasteiger partial charge is 0.143 e. The molecule has 1 nitrogen and oxygen atoms in total. The Bertz CT molecular complexity index is 149. The molecule has 0 fully saturated rings. The molecule has 0 amide bonds. The van der Waals surface area contributed by atoms with Gasteiger partial charge in [-0.2, -0.15) is 0 Å². The highest BCUT2D eigenvalue weighted by atomic mass is 15.0. The predicted molar refractivity (Wildman–Crippen MR) is 54.0 cm³/mol. The van der Waals surface area contributed by atoms with Crippen molar-refractivity contribution in [2.45, 2.75) is 46.0 Å². The van der Waals surface area contributed by atoms with Gasteiger partial charge in [-0.05, 0) is 12.8 Å². The van der Waals surface area contributed by atoms with Crippen LogP contribution in [0.25, 0.3) is 0 Å². The summed E-state index contributed by atoms with van der Waals surface area (Å²) in [6.45, 7) is 7.16. The van der Waals surface area contributed by atoms with E-state index in [1.54, 1.807) is 0 Å². The Morgan fingerprint density at radius 3 is 2.75 bits per heavy atom. The van der Waals surface area contributed by atoms with E-state index in [4.69, 9.17) is 0 Å². The standard InChI is InChI=1S/C11H22N/c1-3-5-6-8-12-9-7-11(4-2)10-12/h10-11H,3-9H2,1-2H3/q+1. The Kier molecular flexibility index (Phi) is 4.34. The molecule has 0 bridgehead atoms. The molecule has 1 unspecified atom stereocenters. The molecule has 0 aromatic heterocycles. The average Bonchev–Trinajstić information content (AvgIpc) is 2.53. The molecule has 1 atom stereocenters. The lowest BCUT2D eigenvalue weighted by atomic mass is 10.1. The summed E-state index contributed by atoms with van der Waals surface area (Å²) in [6, 6.07) is 0. The van der Waals surface area contributed by atoms with E-state index in [2.05, 4.69) is 24.6 Å². The summed E-state index contributed by atoms with van der Waals surface area (Å²) in [6.07, 6.45) is 9.28. The average molecular weight is 168 g/mol. The molecular formula is C11H22N+. The zero-order valence-electron chi connectivity index (χ0n) is 8.55. The van der Waals surface area contributed by atoms with Crippen LogP contribution in [-0.4, -0.2) is 23.9 Å². The molecule has 0 saturated carbocycles. The molecule has 0 spiro atoms. The van der Waals surface area contributed by atoms with Crippen molar-refractivity contribution in [1.82, 2.24) is 0 Å². The second-order valence-corrected chi connectivity index (χ2v) is 3.85. The lowest BCUT2D eigenvalue weighted by Crippen LogP contribution is -2.10. The summed E-state index contributed by atoms with van der Waals surface area (Å²) in [5.74, 6) is 0.881. The van der Waals surface area contributed by atoms with E-state index in [0.717, 1.165) is 5.92 Å². The topological polar surface area (TPSA) is 3.01 Å². The van der Waals surface area contributed by atoms with Gasteiger partial charge in [0.15, 0.2) is 0 Å². The molecule has 70 valence electrons. The first kappa shape index (κ1) is 9.76. The quantitative estimate of drug-likeness (QED) is 0.438.